The number of halogens is 5. The summed E-state index contributed by atoms with van der Waals surface area (Å²) in [5.74, 6) is -8.68. The van der Waals surface area contributed by atoms with Crippen molar-refractivity contribution < 1.29 is 41.4 Å². The monoisotopic (exact) mass is 556 g/mol. The number of ether oxygens (including phenoxy) is 2. The fraction of sp³-hybridized carbons (Fsp3) is 0.423. The fourth-order valence-corrected chi connectivity index (χ4v) is 4.76. The molecule has 2 N–H and O–H groups in total. The number of aliphatic hydroxyl groups excluding tert-OH is 1. The number of carbonyl (C=O) groups excluding carboxylic acids is 1. The fourth-order valence-electron chi connectivity index (χ4n) is 4.58. The molecule has 1 saturated heterocycles. The average Bonchev–Trinajstić information content (AvgIpc) is 3.32. The topological polar surface area (TPSA) is 84.2 Å². The molecule has 1 aromatic heterocycles. The number of hydrogen-bond acceptors (Lipinski definition) is 6. The van der Waals surface area contributed by atoms with E-state index in [0.29, 0.717) is 35.1 Å². The van der Waals surface area contributed by atoms with Crippen LogP contribution in [0.1, 0.15) is 30.3 Å². The third-order valence-electron chi connectivity index (χ3n) is 6.72. The van der Waals surface area contributed by atoms with Crippen molar-refractivity contribution in [2.24, 2.45) is 0 Å². The first-order valence-electron chi connectivity index (χ1n) is 12.1. The number of fused-ring (bicyclic) bond motifs is 2. The number of nitrogens with one attached hydrogen (secondary N) is 1. The highest BCUT2D eigenvalue weighted by molar-refractivity contribution is 6.31. The zero-order chi connectivity index (χ0) is 27.1. The number of amides is 1. The number of benzene rings is 2. The van der Waals surface area contributed by atoms with Crippen LogP contribution in [0.3, 0.4) is 0 Å². The van der Waals surface area contributed by atoms with Crippen molar-refractivity contribution in [1.29, 1.82) is 0 Å². The summed E-state index contributed by atoms with van der Waals surface area (Å²) in [4.78, 5) is 14.5. The Balaban J connectivity index is 1.39. The zero-order valence-corrected chi connectivity index (χ0v) is 20.8. The van der Waals surface area contributed by atoms with Crippen molar-refractivity contribution in [1.82, 2.24) is 10.2 Å². The number of furan rings is 1. The van der Waals surface area contributed by atoms with E-state index in [1.165, 1.54) is 30.3 Å². The highest BCUT2D eigenvalue weighted by Crippen LogP contribution is 2.36. The summed E-state index contributed by atoms with van der Waals surface area (Å²) < 4.78 is 74.1. The van der Waals surface area contributed by atoms with Gasteiger partial charge in [-0.05, 0) is 42.0 Å². The highest BCUT2D eigenvalue weighted by Gasteiger charge is 2.46. The molecule has 12 heteroatoms. The molecule has 0 saturated carbocycles. The van der Waals surface area contributed by atoms with E-state index in [-0.39, 0.29) is 30.8 Å². The molecular formula is C26H25ClF4N2O5. The van der Waals surface area contributed by atoms with Crippen molar-refractivity contribution in [3.63, 3.8) is 0 Å². The predicted octanol–water partition coefficient (Wildman–Crippen LogP) is 4.90. The second kappa shape index (κ2) is 10.3. The van der Waals surface area contributed by atoms with Gasteiger partial charge in [0.25, 0.3) is 11.8 Å². The van der Waals surface area contributed by atoms with E-state index in [1.54, 1.807) is 11.0 Å². The Morgan fingerprint density at radius 3 is 2.53 bits per heavy atom. The first kappa shape index (κ1) is 26.6. The molecule has 2 atom stereocenters. The van der Waals surface area contributed by atoms with Gasteiger partial charge in [-0.3, -0.25) is 4.79 Å². The molecule has 1 amide bonds. The first-order chi connectivity index (χ1) is 18.0. The van der Waals surface area contributed by atoms with Crippen LogP contribution in [-0.2, 0) is 10.7 Å². The molecule has 0 aliphatic carbocycles. The molecule has 3 aromatic rings. The van der Waals surface area contributed by atoms with E-state index in [0.717, 1.165) is 6.07 Å². The summed E-state index contributed by atoms with van der Waals surface area (Å²) in [5.41, 5.74) is 0.405. The van der Waals surface area contributed by atoms with Gasteiger partial charge in [0.05, 0.1) is 6.04 Å². The molecule has 2 aliphatic heterocycles. The Hall–Kier alpha value is -3.02. The molecule has 1 fully saturated rings. The predicted molar refractivity (Wildman–Crippen MR) is 130 cm³/mol. The molecule has 0 spiro atoms. The molecule has 0 bridgehead atoms. The SMILES string of the molecule is O=C(NC(CN1CCC(F)(F)CC1)C(O)c1ccc2c(c1)OCCO2)C(F)(F)c1cc2cc(Cl)ccc2o1. The van der Waals surface area contributed by atoms with E-state index < -0.39 is 48.5 Å². The Morgan fingerprint density at radius 2 is 1.79 bits per heavy atom. The average molecular weight is 557 g/mol. The van der Waals surface area contributed by atoms with Gasteiger partial charge in [0.15, 0.2) is 17.3 Å². The van der Waals surface area contributed by atoms with Gasteiger partial charge in [0.1, 0.15) is 24.9 Å². The Morgan fingerprint density at radius 1 is 1.08 bits per heavy atom. The normalized spacial score (nSPS) is 19.2. The minimum absolute atomic E-state index is 0.0199. The number of carbonyl (C=O) groups is 1. The molecular weight excluding hydrogens is 532 g/mol. The molecule has 5 rings (SSSR count). The molecule has 0 radical (unpaired) electrons. The van der Waals surface area contributed by atoms with Crippen LogP contribution in [0.2, 0.25) is 5.02 Å². The maximum Gasteiger partial charge on any atom is 0.380 e. The number of rotatable bonds is 7. The van der Waals surface area contributed by atoms with Crippen LogP contribution in [0.4, 0.5) is 17.6 Å². The molecule has 2 unspecified atom stereocenters. The number of hydrogen-bond donors (Lipinski definition) is 2. The van der Waals surface area contributed by atoms with Gasteiger partial charge >= 0.3 is 5.92 Å². The van der Waals surface area contributed by atoms with Crippen LogP contribution in [-0.4, -0.2) is 60.7 Å². The van der Waals surface area contributed by atoms with Gasteiger partial charge in [0, 0.05) is 42.9 Å². The minimum atomic E-state index is -4.09. The van der Waals surface area contributed by atoms with Crippen molar-refractivity contribution >= 4 is 28.5 Å². The van der Waals surface area contributed by atoms with Crippen LogP contribution in [0, 0.1) is 0 Å². The number of alkyl halides is 4. The molecule has 204 valence electrons. The van der Waals surface area contributed by atoms with Crippen LogP contribution in [0.15, 0.2) is 46.9 Å². The summed E-state index contributed by atoms with van der Waals surface area (Å²) in [6.45, 7) is 0.477. The lowest BCUT2D eigenvalue weighted by molar-refractivity contribution is -0.151. The van der Waals surface area contributed by atoms with E-state index in [9.17, 15) is 18.7 Å². The van der Waals surface area contributed by atoms with Crippen LogP contribution >= 0.6 is 11.6 Å². The lowest BCUT2D eigenvalue weighted by Gasteiger charge is -2.36. The van der Waals surface area contributed by atoms with Gasteiger partial charge in [0.2, 0.25) is 0 Å². The second-order valence-electron chi connectivity index (χ2n) is 9.45. The van der Waals surface area contributed by atoms with Gasteiger partial charge in [-0.15, -0.1) is 0 Å². The smallest absolute Gasteiger partial charge is 0.380 e. The summed E-state index contributed by atoms with van der Waals surface area (Å²) in [5, 5.41) is 14.0. The van der Waals surface area contributed by atoms with Gasteiger partial charge in [-0.1, -0.05) is 17.7 Å². The van der Waals surface area contributed by atoms with Crippen molar-refractivity contribution in [2.75, 3.05) is 32.8 Å². The summed E-state index contributed by atoms with van der Waals surface area (Å²) >= 11 is 5.92. The van der Waals surface area contributed by atoms with Gasteiger partial charge in [-0.2, -0.15) is 8.78 Å². The summed E-state index contributed by atoms with van der Waals surface area (Å²) in [6, 6.07) is 8.68. The molecule has 7 nitrogen and oxygen atoms in total. The number of likely N-dealkylation sites (tertiary alicyclic amines) is 1. The minimum Gasteiger partial charge on any atom is -0.486 e. The van der Waals surface area contributed by atoms with Crippen molar-refractivity contribution in [2.45, 2.75) is 36.8 Å². The number of aliphatic hydroxyl groups is 1. The second-order valence-corrected chi connectivity index (χ2v) is 9.89. The Bertz CT molecular complexity index is 1320. The van der Waals surface area contributed by atoms with Crippen molar-refractivity contribution in [3.8, 4) is 11.5 Å². The summed E-state index contributed by atoms with van der Waals surface area (Å²) in [6.07, 6.45) is -2.28. The standard InChI is InChI=1S/C26H25ClF4N2O5/c27-17-2-4-19-16(11-17)13-22(38-19)26(30,31)24(35)32-18(14-33-7-5-25(28,29)6-8-33)23(34)15-1-3-20-21(12-15)37-10-9-36-20/h1-4,11-13,18,23,34H,5-10,14H2,(H,32,35). The molecule has 3 heterocycles. The summed E-state index contributed by atoms with van der Waals surface area (Å²) in [7, 11) is 0. The van der Waals surface area contributed by atoms with E-state index in [1.807, 2.05) is 0 Å². The third-order valence-corrected chi connectivity index (χ3v) is 6.96. The van der Waals surface area contributed by atoms with Gasteiger partial charge < -0.3 is 29.2 Å². The van der Waals surface area contributed by atoms with E-state index >= 15 is 8.78 Å². The zero-order valence-electron chi connectivity index (χ0n) is 20.1. The quantitative estimate of drug-likeness (QED) is 0.403. The number of piperidine rings is 1. The lowest BCUT2D eigenvalue weighted by atomic mass is 9.99. The Kier molecular flexibility index (Phi) is 7.19. The molecule has 2 aromatic carbocycles. The van der Waals surface area contributed by atoms with Crippen molar-refractivity contribution in [3.05, 3.63) is 58.8 Å². The maximum atomic E-state index is 15.3. The first-order valence-corrected chi connectivity index (χ1v) is 12.5. The van der Waals surface area contributed by atoms with Crippen LogP contribution < -0.4 is 14.8 Å². The van der Waals surface area contributed by atoms with E-state index in [4.69, 9.17) is 25.5 Å². The number of nitrogens with zero attached hydrogens (tertiary/aromatic N) is 1. The third kappa shape index (κ3) is 5.55. The van der Waals surface area contributed by atoms with E-state index in [2.05, 4.69) is 5.32 Å². The Labute approximate surface area is 220 Å². The van der Waals surface area contributed by atoms with Crippen LogP contribution in [0.5, 0.6) is 11.5 Å². The molecule has 2 aliphatic rings. The lowest BCUT2D eigenvalue weighted by Crippen LogP contribution is -2.53. The largest absolute Gasteiger partial charge is 0.486 e. The maximum absolute atomic E-state index is 15.3. The molecule has 38 heavy (non-hydrogen) atoms. The highest BCUT2D eigenvalue weighted by atomic mass is 35.5. The van der Waals surface area contributed by atoms with Gasteiger partial charge in [-0.25, -0.2) is 8.78 Å². The van der Waals surface area contributed by atoms with Crippen LogP contribution in [0.25, 0.3) is 11.0 Å².